The summed E-state index contributed by atoms with van der Waals surface area (Å²) in [5, 5.41) is 13.3. The Labute approximate surface area is 198 Å². The molecule has 184 valence electrons. The van der Waals surface area contributed by atoms with Crippen molar-refractivity contribution in [3.05, 3.63) is 35.4 Å². The van der Waals surface area contributed by atoms with E-state index in [0.717, 1.165) is 5.56 Å². The number of amides is 1. The topological polar surface area (TPSA) is 147 Å². The number of aromatic nitrogens is 4. The van der Waals surface area contributed by atoms with E-state index in [-0.39, 0.29) is 48.0 Å². The molecule has 0 spiro atoms. The van der Waals surface area contributed by atoms with Crippen molar-refractivity contribution in [2.75, 3.05) is 39.2 Å². The Morgan fingerprint density at radius 3 is 2.59 bits per heavy atom. The predicted octanol–water partition coefficient (Wildman–Crippen LogP) is 2.12. The number of ether oxygens (including phenoxy) is 3. The first-order valence-corrected chi connectivity index (χ1v) is 11.1. The smallest absolute Gasteiger partial charge is 0.320 e. The molecule has 11 heteroatoms. The second-order valence-corrected chi connectivity index (χ2v) is 8.30. The molecule has 2 heterocycles. The zero-order valence-corrected chi connectivity index (χ0v) is 20.0. The fourth-order valence-electron chi connectivity index (χ4n) is 3.40. The van der Waals surface area contributed by atoms with Crippen LogP contribution in [0.15, 0.2) is 24.3 Å². The van der Waals surface area contributed by atoms with Crippen LogP contribution in [0.25, 0.3) is 11.2 Å². The minimum atomic E-state index is -0.289. The summed E-state index contributed by atoms with van der Waals surface area (Å²) in [6.07, 6.45) is 0.708. The number of nitrogen functional groups attached to an aromatic ring is 1. The molecule has 0 bridgehead atoms. The number of methoxy groups -OCH3 is 1. The van der Waals surface area contributed by atoms with Crippen LogP contribution in [-0.4, -0.2) is 69.6 Å². The first kappa shape index (κ1) is 25.2. The van der Waals surface area contributed by atoms with E-state index in [1.54, 1.807) is 19.2 Å². The molecule has 1 aromatic carbocycles. The molecule has 2 aromatic heterocycles. The van der Waals surface area contributed by atoms with E-state index in [2.05, 4.69) is 20.3 Å². The van der Waals surface area contributed by atoms with Crippen LogP contribution >= 0.6 is 0 Å². The SMILES string of the molecule is CCOC(C)(C)CCNC(=O)c1ccc(Cn2c(O)nc3c(N)nc(OCCOC)nc32)cc1. The Morgan fingerprint density at radius 1 is 1.18 bits per heavy atom. The van der Waals surface area contributed by atoms with Gasteiger partial charge in [0.15, 0.2) is 17.0 Å². The van der Waals surface area contributed by atoms with E-state index in [0.29, 0.717) is 37.4 Å². The van der Waals surface area contributed by atoms with Crippen LogP contribution in [0.3, 0.4) is 0 Å². The van der Waals surface area contributed by atoms with Crippen LogP contribution in [0.2, 0.25) is 0 Å². The molecule has 0 aliphatic rings. The summed E-state index contributed by atoms with van der Waals surface area (Å²) in [4.78, 5) is 24.9. The van der Waals surface area contributed by atoms with Crippen molar-refractivity contribution in [2.45, 2.75) is 39.3 Å². The van der Waals surface area contributed by atoms with Crippen LogP contribution < -0.4 is 15.8 Å². The minimum absolute atomic E-state index is 0.0720. The molecular formula is C23H32N6O5. The summed E-state index contributed by atoms with van der Waals surface area (Å²) in [5.41, 5.74) is 7.68. The number of fused-ring (bicyclic) bond motifs is 1. The molecule has 1 amide bonds. The molecule has 0 unspecified atom stereocenters. The number of nitrogens with one attached hydrogen (secondary N) is 1. The monoisotopic (exact) mass is 472 g/mol. The molecular weight excluding hydrogens is 440 g/mol. The van der Waals surface area contributed by atoms with Gasteiger partial charge in [-0.15, -0.1) is 0 Å². The number of carbonyl (C=O) groups is 1. The Balaban J connectivity index is 1.69. The van der Waals surface area contributed by atoms with Crippen molar-refractivity contribution < 1.29 is 24.1 Å². The minimum Gasteiger partial charge on any atom is -0.480 e. The van der Waals surface area contributed by atoms with Gasteiger partial charge in [0.2, 0.25) is 0 Å². The van der Waals surface area contributed by atoms with E-state index in [4.69, 9.17) is 19.9 Å². The Morgan fingerprint density at radius 2 is 1.91 bits per heavy atom. The van der Waals surface area contributed by atoms with Gasteiger partial charge in [0.1, 0.15) is 6.61 Å². The lowest BCUT2D eigenvalue weighted by molar-refractivity contribution is -0.0153. The number of carbonyl (C=O) groups excluding carboxylic acids is 1. The predicted molar refractivity (Wildman–Crippen MR) is 127 cm³/mol. The van der Waals surface area contributed by atoms with Gasteiger partial charge in [0.05, 0.1) is 18.8 Å². The summed E-state index contributed by atoms with van der Waals surface area (Å²) in [6, 6.07) is 6.91. The molecule has 3 rings (SSSR count). The highest BCUT2D eigenvalue weighted by atomic mass is 16.5. The van der Waals surface area contributed by atoms with Crippen LogP contribution in [-0.2, 0) is 16.0 Å². The third kappa shape index (κ3) is 6.33. The van der Waals surface area contributed by atoms with Gasteiger partial charge < -0.3 is 30.4 Å². The first-order chi connectivity index (χ1) is 16.2. The standard InChI is InChI=1S/C23H32N6O5/c1-5-34-23(2,3)10-11-25-20(30)16-8-6-15(7-9-16)14-29-19-17(26-22(29)31)18(24)27-21(28-19)33-13-12-32-4/h6-9H,5,10-14H2,1-4H3,(H,25,30)(H,26,31)(H2,24,27,28). The number of hydrogen-bond acceptors (Lipinski definition) is 9. The fraction of sp³-hybridized carbons (Fsp3) is 0.478. The molecule has 4 N–H and O–H groups in total. The highest BCUT2D eigenvalue weighted by Crippen LogP contribution is 2.25. The number of hydrogen-bond donors (Lipinski definition) is 3. The third-order valence-electron chi connectivity index (χ3n) is 5.20. The Kier molecular flexibility index (Phi) is 8.24. The van der Waals surface area contributed by atoms with Gasteiger partial charge in [0.25, 0.3) is 11.9 Å². The van der Waals surface area contributed by atoms with Gasteiger partial charge in [-0.25, -0.2) is 0 Å². The van der Waals surface area contributed by atoms with Crippen LogP contribution in [0, 0.1) is 0 Å². The van der Waals surface area contributed by atoms with E-state index < -0.39 is 0 Å². The molecule has 0 aliphatic heterocycles. The number of nitrogens with zero attached hydrogens (tertiary/aromatic N) is 4. The Bertz CT molecular complexity index is 1110. The van der Waals surface area contributed by atoms with Crippen LogP contribution in [0.1, 0.15) is 43.1 Å². The zero-order valence-electron chi connectivity index (χ0n) is 20.0. The molecule has 0 radical (unpaired) electrons. The van der Waals surface area contributed by atoms with Gasteiger partial charge in [0, 0.05) is 25.8 Å². The molecule has 0 saturated heterocycles. The maximum absolute atomic E-state index is 12.5. The second kappa shape index (κ2) is 11.1. The average Bonchev–Trinajstić information content (AvgIpc) is 3.10. The number of imidazole rings is 1. The van der Waals surface area contributed by atoms with Crippen LogP contribution in [0.4, 0.5) is 5.82 Å². The molecule has 3 aromatic rings. The average molecular weight is 473 g/mol. The molecule has 11 nitrogen and oxygen atoms in total. The molecule has 0 saturated carbocycles. The van der Waals surface area contributed by atoms with E-state index in [9.17, 15) is 9.90 Å². The quantitative estimate of drug-likeness (QED) is 0.337. The highest BCUT2D eigenvalue weighted by Gasteiger charge is 2.19. The van der Waals surface area contributed by atoms with Gasteiger partial charge in [-0.1, -0.05) is 12.1 Å². The number of rotatable bonds is 12. The lowest BCUT2D eigenvalue weighted by Gasteiger charge is -2.24. The van der Waals surface area contributed by atoms with Crippen molar-refractivity contribution in [3.8, 4) is 12.0 Å². The van der Waals surface area contributed by atoms with Crippen molar-refractivity contribution in [1.82, 2.24) is 24.8 Å². The molecule has 0 fully saturated rings. The van der Waals surface area contributed by atoms with Gasteiger partial charge in [-0.3, -0.25) is 9.36 Å². The summed E-state index contributed by atoms with van der Waals surface area (Å²) < 4.78 is 17.6. The first-order valence-electron chi connectivity index (χ1n) is 11.1. The normalized spacial score (nSPS) is 11.6. The van der Waals surface area contributed by atoms with E-state index in [1.807, 2.05) is 32.9 Å². The third-order valence-corrected chi connectivity index (χ3v) is 5.20. The molecule has 0 aliphatic carbocycles. The summed E-state index contributed by atoms with van der Waals surface area (Å²) in [5.74, 6) is -0.0564. The van der Waals surface area contributed by atoms with Crippen molar-refractivity contribution >= 4 is 22.9 Å². The number of anilines is 1. The summed E-state index contributed by atoms with van der Waals surface area (Å²) >= 11 is 0. The number of aromatic hydroxyl groups is 1. The number of benzene rings is 1. The van der Waals surface area contributed by atoms with Crippen molar-refractivity contribution in [3.63, 3.8) is 0 Å². The van der Waals surface area contributed by atoms with E-state index >= 15 is 0 Å². The van der Waals surface area contributed by atoms with Crippen LogP contribution in [0.5, 0.6) is 12.0 Å². The van der Waals surface area contributed by atoms with Crippen molar-refractivity contribution in [2.24, 2.45) is 0 Å². The van der Waals surface area contributed by atoms with Gasteiger partial charge in [-0.05, 0) is 44.9 Å². The maximum Gasteiger partial charge on any atom is 0.320 e. The summed E-state index contributed by atoms with van der Waals surface area (Å²) in [7, 11) is 1.56. The lowest BCUT2D eigenvalue weighted by Crippen LogP contribution is -2.32. The molecule has 0 atom stereocenters. The van der Waals surface area contributed by atoms with Gasteiger partial charge in [-0.2, -0.15) is 15.0 Å². The van der Waals surface area contributed by atoms with Gasteiger partial charge >= 0.3 is 6.01 Å². The molecule has 34 heavy (non-hydrogen) atoms. The maximum atomic E-state index is 12.5. The fourth-order valence-corrected chi connectivity index (χ4v) is 3.40. The van der Waals surface area contributed by atoms with E-state index in [1.165, 1.54) is 4.57 Å². The number of nitrogens with two attached hydrogens (primary N) is 1. The summed E-state index contributed by atoms with van der Waals surface area (Å²) in [6.45, 7) is 7.99. The highest BCUT2D eigenvalue weighted by molar-refractivity contribution is 5.94. The lowest BCUT2D eigenvalue weighted by atomic mass is 10.1. The van der Waals surface area contributed by atoms with Crippen molar-refractivity contribution in [1.29, 1.82) is 0 Å². The largest absolute Gasteiger partial charge is 0.480 e. The zero-order chi connectivity index (χ0) is 24.7. The Hall–Kier alpha value is -3.44. The second-order valence-electron chi connectivity index (χ2n) is 8.30.